The summed E-state index contributed by atoms with van der Waals surface area (Å²) in [6.45, 7) is -0.0149. The van der Waals surface area contributed by atoms with Gasteiger partial charge in [0.25, 0.3) is 0 Å². The van der Waals surface area contributed by atoms with Crippen LogP contribution >= 0.6 is 12.2 Å². The van der Waals surface area contributed by atoms with E-state index in [0.717, 1.165) is 6.26 Å². The normalized spacial score (nSPS) is 11.7. The van der Waals surface area contributed by atoms with E-state index in [4.69, 9.17) is 18.6 Å². The molecule has 0 unspecified atom stereocenters. The first-order chi connectivity index (χ1) is 9.20. The maximum absolute atomic E-state index is 12.1. The number of fused-ring (bicyclic) bond motifs is 1. The van der Waals surface area contributed by atoms with Crippen molar-refractivity contribution in [3.8, 4) is 12.3 Å². The lowest BCUT2D eigenvalue weighted by Gasteiger charge is -2.07. The molecule has 0 radical (unpaired) electrons. The third kappa shape index (κ3) is 1.97. The standard InChI is InChI=1S/C11H12N4O3S2/c1-5-6-15-8-7(9(19)14(3)11(15)16)13(2)10(12-8)20(4,17)18/h1H,6H2,2-4H3. The van der Waals surface area contributed by atoms with Crippen LogP contribution in [0.4, 0.5) is 0 Å². The van der Waals surface area contributed by atoms with E-state index in [0.29, 0.717) is 5.52 Å². The summed E-state index contributed by atoms with van der Waals surface area (Å²) < 4.78 is 27.5. The molecule has 9 heteroatoms. The van der Waals surface area contributed by atoms with Crippen LogP contribution in [0.5, 0.6) is 0 Å². The van der Waals surface area contributed by atoms with Crippen LogP contribution in [0.15, 0.2) is 9.95 Å². The van der Waals surface area contributed by atoms with Crippen molar-refractivity contribution in [2.24, 2.45) is 14.1 Å². The molecule has 7 nitrogen and oxygen atoms in total. The van der Waals surface area contributed by atoms with Crippen LogP contribution in [0.25, 0.3) is 11.2 Å². The van der Waals surface area contributed by atoms with Crippen LogP contribution in [-0.4, -0.2) is 33.4 Å². The molecule has 0 bridgehead atoms. The Hall–Kier alpha value is -1.92. The molecule has 0 N–H and O–H groups in total. The second-order valence-corrected chi connectivity index (χ2v) is 6.63. The summed E-state index contributed by atoms with van der Waals surface area (Å²) in [6, 6.07) is 0. The zero-order valence-corrected chi connectivity index (χ0v) is 12.7. The third-order valence-corrected chi connectivity index (χ3v) is 4.39. The molecule has 0 aliphatic heterocycles. The van der Waals surface area contributed by atoms with Crippen LogP contribution in [-0.2, 0) is 30.5 Å². The smallest absolute Gasteiger partial charge is 0.314 e. The summed E-state index contributed by atoms with van der Waals surface area (Å²) in [5.41, 5.74) is 0.135. The first-order valence-corrected chi connectivity index (χ1v) is 7.80. The molecule has 106 valence electrons. The largest absolute Gasteiger partial charge is 0.331 e. The van der Waals surface area contributed by atoms with Gasteiger partial charge in [0.05, 0.1) is 6.54 Å². The van der Waals surface area contributed by atoms with E-state index in [1.165, 1.54) is 27.8 Å². The van der Waals surface area contributed by atoms with Gasteiger partial charge in [-0.15, -0.1) is 6.42 Å². The second-order valence-electron chi connectivity index (χ2n) is 4.33. The predicted molar refractivity (Wildman–Crippen MR) is 76.7 cm³/mol. The van der Waals surface area contributed by atoms with E-state index in [-0.39, 0.29) is 22.0 Å². The Bertz CT molecular complexity index is 970. The fraction of sp³-hybridized carbons (Fsp3) is 0.364. The lowest BCUT2D eigenvalue weighted by atomic mass is 10.5. The molecule has 20 heavy (non-hydrogen) atoms. The van der Waals surface area contributed by atoms with Crippen molar-refractivity contribution in [3.05, 3.63) is 15.1 Å². The molecule has 0 aliphatic rings. The summed E-state index contributed by atoms with van der Waals surface area (Å²) >= 11 is 5.19. The topological polar surface area (TPSA) is 78.9 Å². The highest BCUT2D eigenvalue weighted by atomic mass is 32.2. The number of aromatic nitrogens is 4. The number of hydrogen-bond donors (Lipinski definition) is 0. The minimum absolute atomic E-state index is 0.0149. The number of nitrogens with zero attached hydrogens (tertiary/aromatic N) is 4. The number of terminal acetylenes is 1. The molecule has 0 amide bonds. The van der Waals surface area contributed by atoms with Crippen molar-refractivity contribution < 1.29 is 8.42 Å². The van der Waals surface area contributed by atoms with Crippen LogP contribution in [0.2, 0.25) is 0 Å². The summed E-state index contributed by atoms with van der Waals surface area (Å²) in [4.78, 5) is 16.2. The quantitative estimate of drug-likeness (QED) is 0.569. The van der Waals surface area contributed by atoms with Gasteiger partial charge < -0.3 is 4.57 Å². The highest BCUT2D eigenvalue weighted by Gasteiger charge is 2.21. The third-order valence-electron chi connectivity index (χ3n) is 2.90. The van der Waals surface area contributed by atoms with Crippen molar-refractivity contribution >= 4 is 33.2 Å². The lowest BCUT2D eigenvalue weighted by molar-refractivity contribution is 0.586. The van der Waals surface area contributed by atoms with Crippen molar-refractivity contribution in [3.63, 3.8) is 0 Å². The van der Waals surface area contributed by atoms with Gasteiger partial charge in [0.1, 0.15) is 10.2 Å². The fourth-order valence-corrected chi connectivity index (χ4v) is 3.12. The number of aryl methyl sites for hydroxylation is 1. The van der Waals surface area contributed by atoms with Gasteiger partial charge in [-0.2, -0.15) is 4.98 Å². The molecule has 0 atom stereocenters. The molecule has 0 fully saturated rings. The average molecular weight is 312 g/mol. The maximum atomic E-state index is 12.1. The van der Waals surface area contributed by atoms with Crippen LogP contribution in [0, 0.1) is 17.0 Å². The fourth-order valence-electron chi connectivity index (χ4n) is 1.97. The molecule has 0 saturated carbocycles. The van der Waals surface area contributed by atoms with E-state index >= 15 is 0 Å². The SMILES string of the molecule is C#CCn1c(=O)n(C)c(=S)c2c1nc(S(C)(=O)=O)n2C. The number of hydrogen-bond acceptors (Lipinski definition) is 5. The predicted octanol–water partition coefficient (Wildman–Crippen LogP) is -0.160. The van der Waals surface area contributed by atoms with Gasteiger partial charge in [0, 0.05) is 20.4 Å². The van der Waals surface area contributed by atoms with Crippen LogP contribution in [0.3, 0.4) is 0 Å². The molecule has 2 rings (SSSR count). The Morgan fingerprint density at radius 3 is 2.45 bits per heavy atom. The molecule has 0 aromatic carbocycles. The van der Waals surface area contributed by atoms with E-state index in [9.17, 15) is 13.2 Å². The van der Waals surface area contributed by atoms with E-state index in [2.05, 4.69) is 10.9 Å². The molecule has 2 aromatic heterocycles. The Labute approximate surface area is 120 Å². The highest BCUT2D eigenvalue weighted by molar-refractivity contribution is 7.90. The van der Waals surface area contributed by atoms with E-state index in [1.54, 1.807) is 0 Å². The monoisotopic (exact) mass is 312 g/mol. The molecule has 0 aliphatic carbocycles. The van der Waals surface area contributed by atoms with Gasteiger partial charge in [-0.05, 0) is 0 Å². The van der Waals surface area contributed by atoms with Gasteiger partial charge in [-0.25, -0.2) is 13.2 Å². The molecule has 0 saturated heterocycles. The van der Waals surface area contributed by atoms with Gasteiger partial charge in [0.15, 0.2) is 5.65 Å². The van der Waals surface area contributed by atoms with Gasteiger partial charge in [-0.3, -0.25) is 9.13 Å². The van der Waals surface area contributed by atoms with Crippen molar-refractivity contribution in [2.45, 2.75) is 11.7 Å². The molecular formula is C11H12N4O3S2. The summed E-state index contributed by atoms with van der Waals surface area (Å²) in [5.74, 6) is 2.35. The molecule has 0 spiro atoms. The lowest BCUT2D eigenvalue weighted by Crippen LogP contribution is -2.30. The first kappa shape index (κ1) is 14.5. The highest BCUT2D eigenvalue weighted by Crippen LogP contribution is 2.18. The molecule has 2 aromatic rings. The van der Waals surface area contributed by atoms with E-state index < -0.39 is 15.5 Å². The van der Waals surface area contributed by atoms with Crippen LogP contribution in [0.1, 0.15) is 0 Å². The minimum Gasteiger partial charge on any atom is -0.314 e. The Balaban J connectivity index is 3.15. The average Bonchev–Trinajstić information content (AvgIpc) is 2.69. The van der Waals surface area contributed by atoms with Gasteiger partial charge >= 0.3 is 5.69 Å². The number of sulfone groups is 1. The molecule has 2 heterocycles. The van der Waals surface area contributed by atoms with E-state index in [1.807, 2.05) is 0 Å². The summed E-state index contributed by atoms with van der Waals surface area (Å²) in [6.07, 6.45) is 6.28. The number of imidazole rings is 1. The number of rotatable bonds is 2. The zero-order chi connectivity index (χ0) is 15.2. The Morgan fingerprint density at radius 1 is 1.35 bits per heavy atom. The second kappa shape index (κ2) is 4.57. The first-order valence-electron chi connectivity index (χ1n) is 5.50. The van der Waals surface area contributed by atoms with Gasteiger partial charge in [-0.1, -0.05) is 18.1 Å². The van der Waals surface area contributed by atoms with Crippen molar-refractivity contribution in [1.82, 2.24) is 18.7 Å². The molecular weight excluding hydrogens is 300 g/mol. The summed E-state index contributed by atoms with van der Waals surface area (Å²) in [7, 11) is -0.502. The maximum Gasteiger partial charge on any atom is 0.331 e. The van der Waals surface area contributed by atoms with Crippen molar-refractivity contribution in [1.29, 1.82) is 0 Å². The zero-order valence-electron chi connectivity index (χ0n) is 11.1. The Kier molecular flexibility index (Phi) is 3.31. The summed E-state index contributed by atoms with van der Waals surface area (Å²) in [5, 5.41) is -0.157. The Morgan fingerprint density at radius 2 is 1.95 bits per heavy atom. The van der Waals surface area contributed by atoms with Crippen molar-refractivity contribution in [2.75, 3.05) is 6.26 Å². The van der Waals surface area contributed by atoms with Crippen LogP contribution < -0.4 is 5.69 Å². The minimum atomic E-state index is -3.54. The van der Waals surface area contributed by atoms with Gasteiger partial charge in [0.2, 0.25) is 15.0 Å².